The predicted molar refractivity (Wildman–Crippen MR) is 106 cm³/mol. The summed E-state index contributed by atoms with van der Waals surface area (Å²) in [6.45, 7) is 3.60. The van der Waals surface area contributed by atoms with E-state index in [-0.39, 0.29) is 30.1 Å². The van der Waals surface area contributed by atoms with Crippen LogP contribution in [0.3, 0.4) is 0 Å². The Labute approximate surface area is 172 Å². The Balaban J connectivity index is 2.11. The lowest BCUT2D eigenvalue weighted by Crippen LogP contribution is -2.34. The molecule has 2 aromatic carbocycles. The van der Waals surface area contributed by atoms with Gasteiger partial charge in [-0.15, -0.1) is 0 Å². The number of nitrogens with zero attached hydrogens (tertiary/aromatic N) is 2. The Morgan fingerprint density at radius 3 is 2.17 bits per heavy atom. The van der Waals surface area contributed by atoms with Gasteiger partial charge in [0.25, 0.3) is 11.8 Å². The van der Waals surface area contributed by atoms with E-state index in [9.17, 15) is 27.9 Å². The summed E-state index contributed by atoms with van der Waals surface area (Å²) in [7, 11) is 1.58. The van der Waals surface area contributed by atoms with Crippen molar-refractivity contribution in [1.29, 1.82) is 0 Å². The minimum Gasteiger partial charge on any atom is -0.395 e. The number of amides is 2. The zero-order chi connectivity index (χ0) is 22.2. The van der Waals surface area contributed by atoms with Crippen molar-refractivity contribution in [1.82, 2.24) is 4.90 Å². The molecule has 0 aliphatic carbocycles. The van der Waals surface area contributed by atoms with E-state index < -0.39 is 23.6 Å². The summed E-state index contributed by atoms with van der Waals surface area (Å²) in [5.41, 5.74) is 1.77. The maximum atomic E-state index is 13.3. The van der Waals surface area contributed by atoms with Gasteiger partial charge in [-0.2, -0.15) is 13.2 Å². The maximum absolute atomic E-state index is 13.3. The Bertz CT molecular complexity index is 1030. The molecule has 1 aliphatic heterocycles. The van der Waals surface area contributed by atoms with E-state index in [2.05, 4.69) is 0 Å². The van der Waals surface area contributed by atoms with Gasteiger partial charge in [0, 0.05) is 13.6 Å². The molecule has 0 atom stereocenters. The molecule has 30 heavy (non-hydrogen) atoms. The van der Waals surface area contributed by atoms with Crippen LogP contribution in [-0.2, 0) is 15.8 Å². The predicted octanol–water partition coefficient (Wildman–Crippen LogP) is 3.53. The van der Waals surface area contributed by atoms with E-state index in [0.29, 0.717) is 5.56 Å². The third-order valence-corrected chi connectivity index (χ3v) is 4.98. The summed E-state index contributed by atoms with van der Waals surface area (Å²) in [4.78, 5) is 28.8. The first kappa shape index (κ1) is 21.6. The van der Waals surface area contributed by atoms with Crippen molar-refractivity contribution in [3.05, 3.63) is 70.4 Å². The Hall–Kier alpha value is -3.13. The fourth-order valence-electron chi connectivity index (χ4n) is 3.50. The number of likely N-dealkylation sites (N-methyl/N-ethyl adjacent to an activating group) is 1. The number of imide groups is 1. The molecule has 0 radical (unpaired) electrons. The molecule has 1 aliphatic rings. The first-order valence-corrected chi connectivity index (χ1v) is 9.26. The van der Waals surface area contributed by atoms with Gasteiger partial charge in [0.15, 0.2) is 0 Å². The largest absolute Gasteiger partial charge is 0.416 e. The van der Waals surface area contributed by atoms with E-state index in [0.717, 1.165) is 40.3 Å². The summed E-state index contributed by atoms with van der Waals surface area (Å²) < 4.78 is 38.6. The summed E-state index contributed by atoms with van der Waals surface area (Å²) in [5.74, 6) is -1.27. The van der Waals surface area contributed by atoms with Crippen molar-refractivity contribution in [2.24, 2.45) is 0 Å². The van der Waals surface area contributed by atoms with E-state index in [1.807, 2.05) is 26.0 Å². The number of halogens is 3. The molecule has 1 heterocycles. The second-order valence-electron chi connectivity index (χ2n) is 7.18. The number of anilines is 1. The lowest BCUT2D eigenvalue weighted by Gasteiger charge is -2.20. The summed E-state index contributed by atoms with van der Waals surface area (Å²) in [6.07, 6.45) is -4.52. The molecular formula is C22H21F3N2O3. The van der Waals surface area contributed by atoms with Gasteiger partial charge in [-0.3, -0.25) is 9.59 Å². The number of hydrogen-bond donors (Lipinski definition) is 1. The van der Waals surface area contributed by atoms with Crippen LogP contribution in [0.4, 0.5) is 18.9 Å². The van der Waals surface area contributed by atoms with Gasteiger partial charge in [-0.1, -0.05) is 23.8 Å². The molecule has 1 N–H and O–H groups in total. The monoisotopic (exact) mass is 418 g/mol. The topological polar surface area (TPSA) is 60.9 Å². The van der Waals surface area contributed by atoms with Crippen LogP contribution in [0.1, 0.15) is 22.3 Å². The van der Waals surface area contributed by atoms with E-state index in [4.69, 9.17) is 0 Å². The van der Waals surface area contributed by atoms with Crippen molar-refractivity contribution >= 4 is 23.1 Å². The highest BCUT2D eigenvalue weighted by Gasteiger charge is 2.42. The van der Waals surface area contributed by atoms with Gasteiger partial charge >= 0.3 is 6.18 Å². The molecule has 158 valence electrons. The highest BCUT2D eigenvalue weighted by atomic mass is 19.4. The highest BCUT2D eigenvalue weighted by Crippen LogP contribution is 2.37. The molecule has 0 unspecified atom stereocenters. The van der Waals surface area contributed by atoms with Crippen LogP contribution in [0.2, 0.25) is 0 Å². The van der Waals surface area contributed by atoms with Crippen LogP contribution in [0, 0.1) is 13.8 Å². The molecule has 3 rings (SSSR count). The Morgan fingerprint density at radius 2 is 1.63 bits per heavy atom. The molecule has 2 aromatic rings. The molecular weight excluding hydrogens is 397 g/mol. The number of rotatable bonds is 5. The lowest BCUT2D eigenvalue weighted by molar-refractivity contribution is -0.137. The maximum Gasteiger partial charge on any atom is 0.416 e. The van der Waals surface area contributed by atoms with Crippen LogP contribution in [0.15, 0.2) is 48.2 Å². The standard InChI is InChI=1S/C22H21F3N2O3/c1-13-4-9-17(14(2)12-13)18-19(26(3)10-11-28)21(30)27(20(18)29)16-7-5-15(6-8-16)22(23,24)25/h4-9,12,28H,10-11H2,1-3H3. The van der Waals surface area contributed by atoms with Crippen molar-refractivity contribution in [2.75, 3.05) is 25.1 Å². The summed E-state index contributed by atoms with van der Waals surface area (Å²) in [6, 6.07) is 9.32. The van der Waals surface area contributed by atoms with Gasteiger partial charge in [0.2, 0.25) is 0 Å². The van der Waals surface area contributed by atoms with E-state index in [1.165, 1.54) is 4.90 Å². The second kappa shape index (κ2) is 7.95. The van der Waals surface area contributed by atoms with Crippen LogP contribution in [0.5, 0.6) is 0 Å². The number of aliphatic hydroxyl groups excluding tert-OH is 1. The zero-order valence-electron chi connectivity index (χ0n) is 16.7. The van der Waals surface area contributed by atoms with Gasteiger partial charge in [-0.25, -0.2) is 4.90 Å². The Morgan fingerprint density at radius 1 is 1.00 bits per heavy atom. The number of carbonyl (C=O) groups is 2. The second-order valence-corrected chi connectivity index (χ2v) is 7.18. The minimum absolute atomic E-state index is 0.0488. The molecule has 0 saturated heterocycles. The fourth-order valence-corrected chi connectivity index (χ4v) is 3.50. The highest BCUT2D eigenvalue weighted by molar-refractivity contribution is 6.45. The fraction of sp³-hybridized carbons (Fsp3) is 0.273. The number of aliphatic hydroxyl groups is 1. The molecule has 5 nitrogen and oxygen atoms in total. The van der Waals surface area contributed by atoms with Crippen LogP contribution < -0.4 is 4.90 Å². The number of alkyl halides is 3. The molecule has 0 aromatic heterocycles. The number of hydrogen-bond acceptors (Lipinski definition) is 4. The molecule has 8 heteroatoms. The van der Waals surface area contributed by atoms with Gasteiger partial charge < -0.3 is 10.0 Å². The first-order valence-electron chi connectivity index (χ1n) is 9.26. The molecule has 0 saturated carbocycles. The van der Waals surface area contributed by atoms with E-state index in [1.54, 1.807) is 13.1 Å². The van der Waals surface area contributed by atoms with Gasteiger partial charge in [0.1, 0.15) is 5.70 Å². The summed E-state index contributed by atoms with van der Waals surface area (Å²) in [5, 5.41) is 9.31. The molecule has 0 fully saturated rings. The zero-order valence-corrected chi connectivity index (χ0v) is 16.7. The number of carbonyl (C=O) groups excluding carboxylic acids is 2. The van der Waals surface area contributed by atoms with E-state index >= 15 is 0 Å². The van der Waals surface area contributed by atoms with Crippen LogP contribution in [0.25, 0.3) is 5.57 Å². The van der Waals surface area contributed by atoms with Crippen molar-refractivity contribution in [3.8, 4) is 0 Å². The SMILES string of the molecule is Cc1ccc(C2=C(N(C)CCO)C(=O)N(c3ccc(C(F)(F)F)cc3)C2=O)c(C)c1. The Kier molecular flexibility index (Phi) is 5.72. The first-order chi connectivity index (χ1) is 14.1. The van der Waals surface area contributed by atoms with Crippen molar-refractivity contribution < 1.29 is 27.9 Å². The lowest BCUT2D eigenvalue weighted by atomic mass is 9.97. The smallest absolute Gasteiger partial charge is 0.395 e. The normalized spacial score (nSPS) is 14.7. The molecule has 2 amide bonds. The third kappa shape index (κ3) is 3.82. The average molecular weight is 418 g/mol. The van der Waals surface area contributed by atoms with Gasteiger partial charge in [0.05, 0.1) is 23.4 Å². The average Bonchev–Trinajstić information content (AvgIpc) is 2.92. The quantitative estimate of drug-likeness (QED) is 0.755. The minimum atomic E-state index is -4.52. The molecule has 0 bridgehead atoms. The molecule has 0 spiro atoms. The van der Waals surface area contributed by atoms with Crippen LogP contribution >= 0.6 is 0 Å². The number of aryl methyl sites for hydroxylation is 2. The van der Waals surface area contributed by atoms with Crippen LogP contribution in [-0.4, -0.2) is 42.0 Å². The van der Waals surface area contributed by atoms with Crippen molar-refractivity contribution in [3.63, 3.8) is 0 Å². The van der Waals surface area contributed by atoms with Gasteiger partial charge in [-0.05, 0) is 49.2 Å². The third-order valence-electron chi connectivity index (χ3n) is 4.98. The van der Waals surface area contributed by atoms with Crippen molar-refractivity contribution in [2.45, 2.75) is 20.0 Å². The summed E-state index contributed by atoms with van der Waals surface area (Å²) >= 11 is 0. The number of benzene rings is 2.